The average molecular weight is 415 g/mol. The second kappa shape index (κ2) is 6.77. The molecule has 0 bridgehead atoms. The Hall–Kier alpha value is -1.48. The molecular weight excluding hydrogens is 382 g/mol. The highest BCUT2D eigenvalue weighted by molar-refractivity contribution is 7.63. The van der Waals surface area contributed by atoms with Crippen LogP contribution in [0.2, 0.25) is 0 Å². The van der Waals surface area contributed by atoms with Gasteiger partial charge in [0.15, 0.2) is 5.75 Å². The lowest BCUT2D eigenvalue weighted by Crippen LogP contribution is -2.57. The molecule has 5 heteroatoms. The molecule has 156 valence electrons. The van der Waals surface area contributed by atoms with Crippen LogP contribution in [-0.4, -0.2) is 15.5 Å². The molecule has 2 atom stereocenters. The van der Waals surface area contributed by atoms with Gasteiger partial charge in [0.1, 0.15) is 5.82 Å². The minimum atomic E-state index is -0.816. The van der Waals surface area contributed by atoms with Crippen molar-refractivity contribution in [3.05, 3.63) is 58.4 Å². The van der Waals surface area contributed by atoms with Gasteiger partial charge in [0.2, 0.25) is 0 Å². The molecule has 4 rings (SSSR count). The minimum Gasteiger partial charge on any atom is -0.386 e. The zero-order valence-electron chi connectivity index (χ0n) is 18.8. The molecule has 0 aromatic heterocycles. The molecule has 0 aliphatic carbocycles. The topological polar surface area (TPSA) is 15.7 Å². The van der Waals surface area contributed by atoms with E-state index in [2.05, 4.69) is 77.5 Å². The highest BCUT2D eigenvalue weighted by Gasteiger charge is 2.47. The summed E-state index contributed by atoms with van der Waals surface area (Å²) in [4.78, 5) is 8.87. The molecule has 2 heterocycles. The van der Waals surface area contributed by atoms with E-state index in [0.717, 1.165) is 11.3 Å². The van der Waals surface area contributed by atoms with Crippen LogP contribution in [0, 0.1) is 12.7 Å². The van der Waals surface area contributed by atoms with E-state index in [-0.39, 0.29) is 22.4 Å². The van der Waals surface area contributed by atoms with Crippen LogP contribution in [-0.2, 0) is 12.0 Å². The monoisotopic (exact) mass is 414 g/mol. The van der Waals surface area contributed by atoms with Gasteiger partial charge in [-0.1, -0.05) is 45.4 Å². The lowest BCUT2D eigenvalue weighted by atomic mass is 9.83. The maximum absolute atomic E-state index is 14.1. The van der Waals surface area contributed by atoms with Crippen molar-refractivity contribution < 1.29 is 9.23 Å². The van der Waals surface area contributed by atoms with Crippen molar-refractivity contribution in [3.63, 3.8) is 0 Å². The third-order valence-corrected chi connectivity index (χ3v) is 8.44. The van der Waals surface area contributed by atoms with Crippen LogP contribution in [0.5, 0.6) is 5.75 Å². The number of fused-ring (bicyclic) bond motifs is 4. The number of hydrazine groups is 1. The van der Waals surface area contributed by atoms with Crippen molar-refractivity contribution in [3.8, 4) is 5.75 Å². The molecular formula is C24H32FN2OP. The summed E-state index contributed by atoms with van der Waals surface area (Å²) in [6.07, 6.45) is 0. The van der Waals surface area contributed by atoms with Crippen LogP contribution in [0.25, 0.3) is 0 Å². The lowest BCUT2D eigenvalue weighted by molar-refractivity contribution is -0.191. The van der Waals surface area contributed by atoms with E-state index in [1.807, 2.05) is 6.07 Å². The van der Waals surface area contributed by atoms with E-state index in [4.69, 9.17) is 4.84 Å². The van der Waals surface area contributed by atoms with E-state index in [1.54, 1.807) is 12.1 Å². The Morgan fingerprint density at radius 3 is 2.38 bits per heavy atom. The molecule has 2 aliphatic heterocycles. The zero-order chi connectivity index (χ0) is 21.3. The first-order valence-electron chi connectivity index (χ1n) is 10.4. The van der Waals surface area contributed by atoms with Gasteiger partial charge < -0.3 is 4.84 Å². The lowest BCUT2D eigenvalue weighted by Gasteiger charge is -2.53. The Bertz CT molecular complexity index is 961. The fraction of sp³-hybridized carbons (Fsp3) is 0.500. The van der Waals surface area contributed by atoms with Crippen molar-refractivity contribution in [1.82, 2.24) is 9.95 Å². The van der Waals surface area contributed by atoms with Gasteiger partial charge in [-0.15, -0.1) is 0 Å². The van der Waals surface area contributed by atoms with Gasteiger partial charge in [0, 0.05) is 34.2 Å². The summed E-state index contributed by atoms with van der Waals surface area (Å²) >= 11 is 0. The smallest absolute Gasteiger partial charge is 0.157 e. The van der Waals surface area contributed by atoms with Crippen LogP contribution in [0.15, 0.2) is 30.3 Å². The minimum absolute atomic E-state index is 0.0146. The van der Waals surface area contributed by atoms with Crippen molar-refractivity contribution in [1.29, 1.82) is 0 Å². The summed E-state index contributed by atoms with van der Waals surface area (Å²) in [6.45, 7) is 18.4. The summed E-state index contributed by atoms with van der Waals surface area (Å²) in [5.41, 5.74) is 4.97. The van der Waals surface area contributed by atoms with Crippen molar-refractivity contribution >= 4 is 13.4 Å². The Morgan fingerprint density at radius 2 is 1.76 bits per heavy atom. The van der Waals surface area contributed by atoms with Crippen LogP contribution in [0.4, 0.5) is 4.39 Å². The van der Waals surface area contributed by atoms with E-state index in [0.29, 0.717) is 6.54 Å². The van der Waals surface area contributed by atoms with E-state index in [1.165, 1.54) is 22.0 Å². The highest BCUT2D eigenvalue weighted by Crippen LogP contribution is 2.63. The quantitative estimate of drug-likeness (QED) is 0.467. The fourth-order valence-electron chi connectivity index (χ4n) is 4.26. The molecule has 2 aromatic carbocycles. The normalized spacial score (nSPS) is 22.5. The second-order valence-corrected chi connectivity index (χ2v) is 12.6. The van der Waals surface area contributed by atoms with Crippen molar-refractivity contribution in [2.45, 2.75) is 78.5 Å². The number of nitrogens with zero attached hydrogens (tertiary/aromatic N) is 2. The van der Waals surface area contributed by atoms with Gasteiger partial charge in [-0.3, -0.25) is 0 Å². The first-order chi connectivity index (χ1) is 13.4. The maximum atomic E-state index is 14.1. The summed E-state index contributed by atoms with van der Waals surface area (Å²) in [5.74, 6) is 0.826. The highest BCUT2D eigenvalue weighted by atomic mass is 31.1. The van der Waals surface area contributed by atoms with Crippen LogP contribution in [0.3, 0.4) is 0 Å². The van der Waals surface area contributed by atoms with Gasteiger partial charge in [-0.05, 0) is 61.8 Å². The fourth-order valence-corrected chi connectivity index (χ4v) is 7.01. The third-order valence-electron chi connectivity index (χ3n) is 5.83. The molecule has 2 aliphatic rings. The number of hydrogen-bond donors (Lipinski definition) is 0. The first kappa shape index (κ1) is 20.8. The molecule has 3 nitrogen and oxygen atoms in total. The molecule has 0 saturated heterocycles. The van der Waals surface area contributed by atoms with Crippen LogP contribution >= 0.6 is 8.07 Å². The molecule has 0 saturated carbocycles. The summed E-state index contributed by atoms with van der Waals surface area (Å²) in [5, 5.41) is 3.49. The molecule has 0 amide bonds. The SMILES string of the molecule is Cc1cc2c(c(C(C)(C)C)c1)ON1N(C(C)(C)C)Cc3cc(F)ccc3P1C2C. The number of halogens is 1. The predicted octanol–water partition coefficient (Wildman–Crippen LogP) is 6.35. The molecule has 29 heavy (non-hydrogen) atoms. The summed E-state index contributed by atoms with van der Waals surface area (Å²) in [6, 6.07) is 9.79. The standard InChI is InChI=1S/C24H32FN2OP/c1-15-11-19-16(2)29-21-10-9-18(25)13-17(21)14-26(24(6,7)8)27(29)28-22(19)20(12-15)23(3,4)5/h9-13,16H,14H2,1-8H3. The molecule has 2 aromatic rings. The largest absolute Gasteiger partial charge is 0.386 e. The van der Waals surface area contributed by atoms with Crippen LogP contribution < -0.4 is 10.1 Å². The molecule has 0 radical (unpaired) electrons. The summed E-state index contributed by atoms with van der Waals surface area (Å²) in [7, 11) is -0.816. The third kappa shape index (κ3) is 3.50. The zero-order valence-corrected chi connectivity index (χ0v) is 19.7. The predicted molar refractivity (Wildman–Crippen MR) is 119 cm³/mol. The van der Waals surface area contributed by atoms with Gasteiger partial charge >= 0.3 is 0 Å². The molecule has 0 N–H and O–H groups in total. The van der Waals surface area contributed by atoms with Gasteiger partial charge in [0.25, 0.3) is 0 Å². The molecule has 2 unspecified atom stereocenters. The van der Waals surface area contributed by atoms with Gasteiger partial charge in [-0.25, -0.2) is 4.39 Å². The number of hydrogen-bond acceptors (Lipinski definition) is 3. The Morgan fingerprint density at radius 1 is 1.07 bits per heavy atom. The van der Waals surface area contributed by atoms with Gasteiger partial charge in [-0.2, -0.15) is 5.01 Å². The summed E-state index contributed by atoms with van der Waals surface area (Å²) < 4.78 is 14.1. The molecule has 0 spiro atoms. The van der Waals surface area contributed by atoms with Crippen molar-refractivity contribution in [2.75, 3.05) is 0 Å². The van der Waals surface area contributed by atoms with E-state index >= 15 is 0 Å². The average Bonchev–Trinajstić information content (AvgIpc) is 2.59. The molecule has 0 fully saturated rings. The number of rotatable bonds is 0. The Balaban J connectivity index is 1.94. The van der Waals surface area contributed by atoms with Crippen LogP contribution in [0.1, 0.15) is 76.4 Å². The Kier molecular flexibility index (Phi) is 4.85. The van der Waals surface area contributed by atoms with Crippen molar-refractivity contribution in [2.24, 2.45) is 0 Å². The maximum Gasteiger partial charge on any atom is 0.157 e. The second-order valence-electron chi connectivity index (χ2n) is 10.3. The number of benzene rings is 2. The first-order valence-corrected chi connectivity index (χ1v) is 11.7. The number of aryl methyl sites for hydroxylation is 1. The Labute approximate surface area is 175 Å². The van der Waals surface area contributed by atoms with E-state index < -0.39 is 8.07 Å². The van der Waals surface area contributed by atoms with E-state index in [9.17, 15) is 4.39 Å². The van der Waals surface area contributed by atoms with Gasteiger partial charge in [0.05, 0.1) is 8.07 Å².